The summed E-state index contributed by atoms with van der Waals surface area (Å²) in [5.41, 5.74) is 11.3. The van der Waals surface area contributed by atoms with E-state index in [1.54, 1.807) is 0 Å². The van der Waals surface area contributed by atoms with Crippen molar-refractivity contribution in [2.24, 2.45) is 0 Å². The fourth-order valence-corrected chi connectivity index (χ4v) is 3.25. The summed E-state index contributed by atoms with van der Waals surface area (Å²) in [5.74, 6) is 0.491. The van der Waals surface area contributed by atoms with Gasteiger partial charge < -0.3 is 5.43 Å². The molecule has 0 heterocycles. The van der Waals surface area contributed by atoms with Crippen LogP contribution in [-0.2, 0) is 0 Å². The first-order valence-corrected chi connectivity index (χ1v) is 8.51. The Balaban J connectivity index is 1.56. The molecule has 0 fully saturated rings. The molecule has 3 heteroatoms. The van der Waals surface area contributed by atoms with E-state index in [1.165, 1.54) is 11.1 Å². The summed E-state index contributed by atoms with van der Waals surface area (Å²) in [5, 5.41) is 0. The van der Waals surface area contributed by atoms with Crippen molar-refractivity contribution in [1.29, 1.82) is 0 Å². The van der Waals surface area contributed by atoms with E-state index in [2.05, 4.69) is 47.3 Å². The van der Waals surface area contributed by atoms with E-state index in [1.807, 2.05) is 32.0 Å². The molecule has 3 rings (SSSR count). The van der Waals surface area contributed by atoms with Crippen LogP contribution < -0.4 is 10.9 Å². The Labute approximate surface area is 143 Å². The van der Waals surface area contributed by atoms with Crippen molar-refractivity contribution < 1.29 is 4.79 Å². The Bertz CT molecular complexity index is 750. The quantitative estimate of drug-likeness (QED) is 0.820. The molecule has 0 bridgehead atoms. The average molecular weight is 320 g/mol. The molecule has 2 N–H and O–H groups in total. The first-order chi connectivity index (χ1) is 11.6. The lowest BCUT2D eigenvalue weighted by atomic mass is 9.87. The molecule has 0 aromatic heterocycles. The van der Waals surface area contributed by atoms with Crippen LogP contribution in [0, 0.1) is 13.8 Å². The van der Waals surface area contributed by atoms with E-state index in [4.69, 9.17) is 0 Å². The summed E-state index contributed by atoms with van der Waals surface area (Å²) in [7, 11) is 0. The van der Waals surface area contributed by atoms with Crippen LogP contribution in [0.1, 0.15) is 52.2 Å². The number of carbonyl (C=O) groups excluding carboxylic acids is 1. The highest BCUT2D eigenvalue weighted by molar-refractivity contribution is 5.95. The average Bonchev–Trinajstić information content (AvgIpc) is 2.61. The molecule has 3 nitrogen and oxygen atoms in total. The van der Waals surface area contributed by atoms with Crippen LogP contribution in [0.5, 0.6) is 0 Å². The van der Waals surface area contributed by atoms with Gasteiger partial charge in [-0.1, -0.05) is 54.1 Å². The fraction of sp³-hybridized carbons (Fsp3) is 0.286. The molecule has 0 saturated carbocycles. The Hall–Kier alpha value is -2.55. The zero-order valence-corrected chi connectivity index (χ0v) is 14.3. The third-order valence-corrected chi connectivity index (χ3v) is 4.65. The van der Waals surface area contributed by atoms with Gasteiger partial charge in [-0.2, -0.15) is 0 Å². The third-order valence-electron chi connectivity index (χ3n) is 4.65. The number of hydrazine groups is 1. The zero-order chi connectivity index (χ0) is 16.9. The van der Waals surface area contributed by atoms with Crippen LogP contribution in [0.15, 0.2) is 60.3 Å². The lowest BCUT2D eigenvalue weighted by Gasteiger charge is -2.23. The molecule has 0 radical (unpaired) electrons. The number of amides is 1. The summed E-state index contributed by atoms with van der Waals surface area (Å²) in [6.45, 7) is 4.00. The minimum absolute atomic E-state index is 0.0846. The van der Waals surface area contributed by atoms with Crippen molar-refractivity contribution in [2.45, 2.75) is 39.0 Å². The van der Waals surface area contributed by atoms with Crippen molar-refractivity contribution in [3.63, 3.8) is 0 Å². The monoisotopic (exact) mass is 320 g/mol. The maximum atomic E-state index is 12.3. The maximum absolute atomic E-state index is 12.3. The molecule has 0 aliphatic heterocycles. The van der Waals surface area contributed by atoms with Crippen LogP contribution in [0.4, 0.5) is 0 Å². The van der Waals surface area contributed by atoms with Gasteiger partial charge in [-0.3, -0.25) is 10.2 Å². The number of allylic oxidation sites excluding steroid dienone is 2. The van der Waals surface area contributed by atoms with E-state index in [9.17, 15) is 4.79 Å². The van der Waals surface area contributed by atoms with Gasteiger partial charge in [0.15, 0.2) is 0 Å². The lowest BCUT2D eigenvalue weighted by molar-refractivity contribution is 0.0937. The first-order valence-electron chi connectivity index (χ1n) is 8.51. The van der Waals surface area contributed by atoms with E-state index in [0.717, 1.165) is 30.5 Å². The number of hydrogen-bond acceptors (Lipinski definition) is 2. The van der Waals surface area contributed by atoms with E-state index < -0.39 is 0 Å². The lowest BCUT2D eigenvalue weighted by Crippen LogP contribution is -2.37. The zero-order valence-electron chi connectivity index (χ0n) is 14.3. The number of hydrogen-bond donors (Lipinski definition) is 2. The largest absolute Gasteiger partial charge is 0.303 e. The topological polar surface area (TPSA) is 41.1 Å². The minimum atomic E-state index is -0.0846. The van der Waals surface area contributed by atoms with Crippen molar-refractivity contribution in [3.8, 4) is 0 Å². The Morgan fingerprint density at radius 1 is 1.08 bits per heavy atom. The van der Waals surface area contributed by atoms with Crippen LogP contribution in [0.2, 0.25) is 0 Å². The second-order valence-corrected chi connectivity index (χ2v) is 6.51. The molecule has 1 aliphatic rings. The van der Waals surface area contributed by atoms with Crippen molar-refractivity contribution in [2.75, 3.05) is 0 Å². The van der Waals surface area contributed by atoms with Gasteiger partial charge in [0.05, 0.1) is 0 Å². The van der Waals surface area contributed by atoms with Crippen LogP contribution in [0.3, 0.4) is 0 Å². The van der Waals surface area contributed by atoms with Gasteiger partial charge in [0.25, 0.3) is 5.91 Å². The molecule has 1 atom stereocenters. The Morgan fingerprint density at radius 2 is 1.88 bits per heavy atom. The number of benzene rings is 2. The minimum Gasteiger partial charge on any atom is -0.303 e. The molecule has 0 spiro atoms. The van der Waals surface area contributed by atoms with Crippen molar-refractivity contribution >= 4 is 5.91 Å². The Kier molecular flexibility index (Phi) is 4.99. The van der Waals surface area contributed by atoms with Crippen molar-refractivity contribution in [3.05, 3.63) is 82.6 Å². The van der Waals surface area contributed by atoms with Gasteiger partial charge in [-0.15, -0.1) is 0 Å². The van der Waals surface area contributed by atoms with Gasteiger partial charge in [0, 0.05) is 11.3 Å². The number of rotatable bonds is 4. The maximum Gasteiger partial charge on any atom is 0.269 e. The third kappa shape index (κ3) is 3.85. The molecule has 2 aromatic carbocycles. The molecule has 24 heavy (non-hydrogen) atoms. The predicted molar refractivity (Wildman–Crippen MR) is 97.6 cm³/mol. The summed E-state index contributed by atoms with van der Waals surface area (Å²) < 4.78 is 0. The van der Waals surface area contributed by atoms with Gasteiger partial charge in [-0.05, 0) is 56.2 Å². The highest BCUT2D eigenvalue weighted by Gasteiger charge is 2.16. The normalized spacial score (nSPS) is 17.1. The van der Waals surface area contributed by atoms with Gasteiger partial charge >= 0.3 is 0 Å². The van der Waals surface area contributed by atoms with Gasteiger partial charge in [0.2, 0.25) is 0 Å². The molecule has 2 aromatic rings. The van der Waals surface area contributed by atoms with E-state index in [0.29, 0.717) is 11.5 Å². The fourth-order valence-electron chi connectivity index (χ4n) is 3.25. The van der Waals surface area contributed by atoms with E-state index in [-0.39, 0.29) is 5.91 Å². The van der Waals surface area contributed by atoms with Crippen molar-refractivity contribution in [1.82, 2.24) is 10.9 Å². The van der Waals surface area contributed by atoms with E-state index >= 15 is 0 Å². The summed E-state index contributed by atoms with van der Waals surface area (Å²) in [6, 6.07) is 16.5. The highest BCUT2D eigenvalue weighted by Crippen LogP contribution is 2.30. The summed E-state index contributed by atoms with van der Waals surface area (Å²) >= 11 is 0. The summed E-state index contributed by atoms with van der Waals surface area (Å²) in [6.07, 6.45) is 5.25. The smallest absolute Gasteiger partial charge is 0.269 e. The molecule has 1 aliphatic carbocycles. The standard InChI is InChI=1S/C21H24N2O/c1-15-8-13-20(16(2)14-15)21(24)23-22-19-11-9-18(10-12-19)17-6-4-3-5-7-17/h3-8,11,13-14,18,22H,9-10,12H2,1-2H3,(H,23,24)/t18-/m1/s1. The van der Waals surface area contributed by atoms with Crippen LogP contribution in [-0.4, -0.2) is 5.91 Å². The van der Waals surface area contributed by atoms with Gasteiger partial charge in [-0.25, -0.2) is 0 Å². The first kappa shape index (κ1) is 16.3. The molecule has 1 amide bonds. The molecule has 0 saturated heterocycles. The van der Waals surface area contributed by atoms with Gasteiger partial charge in [0.1, 0.15) is 0 Å². The molecule has 0 unspecified atom stereocenters. The Morgan fingerprint density at radius 3 is 2.54 bits per heavy atom. The molecular weight excluding hydrogens is 296 g/mol. The summed E-state index contributed by atoms with van der Waals surface area (Å²) in [4.78, 5) is 12.3. The van der Waals surface area contributed by atoms with Crippen LogP contribution in [0.25, 0.3) is 0 Å². The second kappa shape index (κ2) is 7.35. The predicted octanol–water partition coefficient (Wildman–Crippen LogP) is 4.39. The SMILES string of the molecule is Cc1ccc(C(=O)NNC2=CC[C@@H](c3ccccc3)CC2)c(C)c1. The highest BCUT2D eigenvalue weighted by atomic mass is 16.2. The number of carbonyl (C=O) groups is 1. The van der Waals surface area contributed by atoms with Crippen LogP contribution >= 0.6 is 0 Å². The number of nitrogens with one attached hydrogen (secondary N) is 2. The molecule has 124 valence electrons. The second-order valence-electron chi connectivity index (χ2n) is 6.51. The number of aryl methyl sites for hydroxylation is 2. The molecular formula is C21H24N2O.